The lowest BCUT2D eigenvalue weighted by Gasteiger charge is -2.26. The topological polar surface area (TPSA) is 87.7 Å². The largest absolute Gasteiger partial charge is 0.379 e. The van der Waals surface area contributed by atoms with Gasteiger partial charge in [-0.1, -0.05) is 12.1 Å². The molecule has 2 aromatic rings. The average molecular weight is 423 g/mol. The molecule has 1 saturated heterocycles. The molecule has 1 fully saturated rings. The number of carbonyl (C=O) groups is 1. The number of hydrogen-bond acceptors (Lipinski definition) is 5. The monoisotopic (exact) mass is 423 g/mol. The maximum absolute atomic E-state index is 13.2. The first-order valence-corrected chi connectivity index (χ1v) is 10.3. The van der Waals surface area contributed by atoms with Gasteiger partial charge >= 0.3 is 0 Å². The number of morpholine rings is 1. The highest BCUT2D eigenvalue weighted by molar-refractivity contribution is 7.89. The summed E-state index contributed by atoms with van der Waals surface area (Å²) in [6.45, 7) is 1.19. The van der Waals surface area contributed by atoms with Gasteiger partial charge in [-0.2, -0.15) is 4.31 Å². The second kappa shape index (κ2) is 8.74. The van der Waals surface area contributed by atoms with E-state index >= 15 is 0 Å². The van der Waals surface area contributed by atoms with Crippen molar-refractivity contribution >= 4 is 38.9 Å². The lowest BCUT2D eigenvalue weighted by Crippen LogP contribution is -2.40. The van der Waals surface area contributed by atoms with Crippen LogP contribution in [-0.2, 0) is 14.8 Å². The van der Waals surface area contributed by atoms with Crippen LogP contribution < -0.4 is 10.6 Å². The molecule has 0 radical (unpaired) electrons. The molecule has 10 heteroatoms. The third-order valence-electron chi connectivity index (χ3n) is 4.01. The quantitative estimate of drug-likeness (QED) is 0.732. The fourth-order valence-corrected chi connectivity index (χ4v) is 4.30. The summed E-state index contributed by atoms with van der Waals surface area (Å²) in [5.74, 6) is -1.02. The molecule has 148 valence electrons. The van der Waals surface area contributed by atoms with Crippen LogP contribution in [0, 0.1) is 5.82 Å². The highest BCUT2D eigenvalue weighted by Gasteiger charge is 2.26. The van der Waals surface area contributed by atoms with Crippen molar-refractivity contribution < 1.29 is 22.3 Å². The molecule has 28 heavy (non-hydrogen) atoms. The van der Waals surface area contributed by atoms with Crippen molar-refractivity contribution in [3.63, 3.8) is 0 Å². The predicted molar refractivity (Wildman–Crippen MR) is 106 cm³/mol. The standard InChI is InChI=1S/C18H18FN3O4S2/c19-14-4-2-5-15(12-14)20-18(27)21-17(23)13-3-1-6-16(11-13)28(24,25)22-7-9-26-10-8-22/h1-6,11-12H,7-10H2,(H2,20,21,23,27). The van der Waals surface area contributed by atoms with Crippen LogP contribution in [0.5, 0.6) is 0 Å². The maximum Gasteiger partial charge on any atom is 0.257 e. The van der Waals surface area contributed by atoms with E-state index in [2.05, 4.69) is 10.6 Å². The van der Waals surface area contributed by atoms with Crippen molar-refractivity contribution in [3.05, 3.63) is 59.9 Å². The third-order valence-corrected chi connectivity index (χ3v) is 6.11. The molecule has 0 aliphatic carbocycles. The second-order valence-corrected chi connectivity index (χ2v) is 8.31. The van der Waals surface area contributed by atoms with Gasteiger partial charge in [0, 0.05) is 24.3 Å². The Balaban J connectivity index is 1.70. The van der Waals surface area contributed by atoms with E-state index in [1.54, 1.807) is 6.07 Å². The Labute approximate surface area is 167 Å². The smallest absolute Gasteiger partial charge is 0.257 e. The van der Waals surface area contributed by atoms with Crippen molar-refractivity contribution in [3.8, 4) is 0 Å². The highest BCUT2D eigenvalue weighted by Crippen LogP contribution is 2.18. The SMILES string of the molecule is O=C(NC(=S)Nc1cccc(F)c1)c1cccc(S(=O)(=O)N2CCOCC2)c1. The minimum atomic E-state index is -3.72. The number of nitrogens with one attached hydrogen (secondary N) is 2. The lowest BCUT2D eigenvalue weighted by molar-refractivity contribution is 0.0730. The lowest BCUT2D eigenvalue weighted by atomic mass is 10.2. The number of nitrogens with zero attached hydrogens (tertiary/aromatic N) is 1. The molecule has 0 atom stereocenters. The van der Waals surface area contributed by atoms with Crippen LogP contribution in [0.1, 0.15) is 10.4 Å². The number of benzene rings is 2. The molecule has 1 aliphatic rings. The summed E-state index contributed by atoms with van der Waals surface area (Å²) in [5.41, 5.74) is 0.520. The van der Waals surface area contributed by atoms with Crippen LogP contribution in [0.25, 0.3) is 0 Å². The van der Waals surface area contributed by atoms with Crippen LogP contribution in [0.3, 0.4) is 0 Å². The summed E-state index contributed by atoms with van der Waals surface area (Å²) in [7, 11) is -3.72. The summed E-state index contributed by atoms with van der Waals surface area (Å²) < 4.78 is 45.2. The highest BCUT2D eigenvalue weighted by atomic mass is 32.2. The summed E-state index contributed by atoms with van der Waals surface area (Å²) in [6.07, 6.45) is 0. The summed E-state index contributed by atoms with van der Waals surface area (Å²) in [5, 5.41) is 5.12. The summed E-state index contributed by atoms with van der Waals surface area (Å²) >= 11 is 5.06. The summed E-state index contributed by atoms with van der Waals surface area (Å²) in [4.78, 5) is 12.4. The van der Waals surface area contributed by atoms with E-state index in [1.165, 1.54) is 46.8 Å². The number of hydrogen-bond donors (Lipinski definition) is 2. The van der Waals surface area contributed by atoms with Crippen LogP contribution in [-0.4, -0.2) is 50.0 Å². The van der Waals surface area contributed by atoms with Gasteiger partial charge in [-0.25, -0.2) is 12.8 Å². The molecule has 0 spiro atoms. The first kappa shape index (κ1) is 20.3. The van der Waals surface area contributed by atoms with Gasteiger partial charge in [-0.15, -0.1) is 0 Å². The molecule has 2 N–H and O–H groups in total. The van der Waals surface area contributed by atoms with Gasteiger partial charge < -0.3 is 10.1 Å². The second-order valence-electron chi connectivity index (χ2n) is 5.96. The molecular weight excluding hydrogens is 405 g/mol. The fraction of sp³-hybridized carbons (Fsp3) is 0.222. The van der Waals surface area contributed by atoms with Gasteiger partial charge in [0.05, 0.1) is 18.1 Å². The Morgan fingerprint density at radius 3 is 2.54 bits per heavy atom. The Morgan fingerprint density at radius 1 is 1.11 bits per heavy atom. The Kier molecular flexibility index (Phi) is 6.35. The average Bonchev–Trinajstić information content (AvgIpc) is 2.68. The molecular formula is C18H18FN3O4S2. The zero-order chi connectivity index (χ0) is 20.1. The van der Waals surface area contributed by atoms with E-state index in [-0.39, 0.29) is 28.7 Å². The van der Waals surface area contributed by atoms with Gasteiger partial charge in [0.2, 0.25) is 10.0 Å². The Hall–Kier alpha value is -2.40. The van der Waals surface area contributed by atoms with E-state index in [4.69, 9.17) is 17.0 Å². The van der Waals surface area contributed by atoms with E-state index in [9.17, 15) is 17.6 Å². The number of sulfonamides is 1. The van der Waals surface area contributed by atoms with Crippen LogP contribution in [0.15, 0.2) is 53.4 Å². The number of ether oxygens (including phenoxy) is 1. The zero-order valence-corrected chi connectivity index (χ0v) is 16.4. The predicted octanol–water partition coefficient (Wildman–Crippen LogP) is 1.97. The summed E-state index contributed by atoms with van der Waals surface area (Å²) in [6, 6.07) is 11.3. The Bertz CT molecular complexity index is 992. The minimum absolute atomic E-state index is 0.0195. The van der Waals surface area contributed by atoms with Gasteiger partial charge in [0.1, 0.15) is 5.82 Å². The molecule has 0 bridgehead atoms. The number of carbonyl (C=O) groups excluding carboxylic acids is 1. The molecule has 0 aromatic heterocycles. The van der Waals surface area contributed by atoms with E-state index in [0.29, 0.717) is 18.9 Å². The van der Waals surface area contributed by atoms with E-state index in [0.717, 1.165) is 0 Å². The van der Waals surface area contributed by atoms with Gasteiger partial charge in [-0.3, -0.25) is 10.1 Å². The van der Waals surface area contributed by atoms with Crippen LogP contribution in [0.2, 0.25) is 0 Å². The maximum atomic E-state index is 13.2. The first-order chi connectivity index (χ1) is 13.4. The molecule has 0 unspecified atom stereocenters. The fourth-order valence-electron chi connectivity index (χ4n) is 2.64. The van der Waals surface area contributed by atoms with E-state index in [1.807, 2.05) is 0 Å². The zero-order valence-electron chi connectivity index (χ0n) is 14.7. The number of amides is 1. The normalized spacial score (nSPS) is 15.0. The van der Waals surface area contributed by atoms with Crippen molar-refractivity contribution in [2.24, 2.45) is 0 Å². The van der Waals surface area contributed by atoms with Crippen molar-refractivity contribution in [1.29, 1.82) is 0 Å². The molecule has 1 heterocycles. The Morgan fingerprint density at radius 2 is 1.82 bits per heavy atom. The molecule has 3 rings (SSSR count). The number of rotatable bonds is 4. The number of thiocarbonyl (C=S) groups is 1. The van der Waals surface area contributed by atoms with Crippen molar-refractivity contribution in [2.45, 2.75) is 4.90 Å². The molecule has 7 nitrogen and oxygen atoms in total. The third kappa shape index (κ3) is 4.90. The van der Waals surface area contributed by atoms with Crippen LogP contribution >= 0.6 is 12.2 Å². The number of anilines is 1. The van der Waals surface area contributed by atoms with Gasteiger partial charge in [0.25, 0.3) is 5.91 Å². The number of halogens is 1. The van der Waals surface area contributed by atoms with Gasteiger partial charge in [-0.05, 0) is 48.6 Å². The van der Waals surface area contributed by atoms with Crippen molar-refractivity contribution in [1.82, 2.24) is 9.62 Å². The molecule has 1 amide bonds. The molecule has 0 saturated carbocycles. The van der Waals surface area contributed by atoms with Crippen molar-refractivity contribution in [2.75, 3.05) is 31.6 Å². The minimum Gasteiger partial charge on any atom is -0.379 e. The first-order valence-electron chi connectivity index (χ1n) is 8.42. The van der Waals surface area contributed by atoms with E-state index < -0.39 is 21.7 Å². The van der Waals surface area contributed by atoms with Gasteiger partial charge in [0.15, 0.2) is 5.11 Å². The van der Waals surface area contributed by atoms with Crippen LogP contribution in [0.4, 0.5) is 10.1 Å². The molecule has 2 aromatic carbocycles. The molecule has 1 aliphatic heterocycles.